The van der Waals surface area contributed by atoms with Gasteiger partial charge in [0.2, 0.25) is 0 Å². The Morgan fingerprint density at radius 3 is 2.70 bits per heavy atom. The van der Waals surface area contributed by atoms with Crippen LogP contribution in [0.4, 0.5) is 0 Å². The first kappa shape index (κ1) is 17.1. The Labute approximate surface area is 126 Å². The van der Waals surface area contributed by atoms with E-state index in [4.69, 9.17) is 20.5 Å². The second kappa shape index (κ2) is 7.75. The van der Waals surface area contributed by atoms with E-state index in [0.717, 1.165) is 24.0 Å². The molecule has 0 atom stereocenters. The van der Waals surface area contributed by atoms with E-state index in [2.05, 4.69) is 6.92 Å². The number of aromatic carboxylic acids is 1. The fraction of sp³-hybridized carbons (Fsp3) is 0.417. The Balaban J connectivity index is 2.83. The summed E-state index contributed by atoms with van der Waals surface area (Å²) in [5.41, 5.74) is -0.213. The molecule has 112 valence electrons. The number of benzene rings is 1. The second-order valence-corrected chi connectivity index (χ2v) is 7.76. The zero-order chi connectivity index (χ0) is 15.2. The highest BCUT2D eigenvalue weighted by Gasteiger charge is 2.17. The quantitative estimate of drug-likeness (QED) is 0.580. The van der Waals surface area contributed by atoms with Crippen LogP contribution < -0.4 is 4.74 Å². The Morgan fingerprint density at radius 1 is 1.45 bits per heavy atom. The first-order valence-electron chi connectivity index (χ1n) is 5.88. The van der Waals surface area contributed by atoms with Crippen LogP contribution >= 0.6 is 22.4 Å². The van der Waals surface area contributed by atoms with Gasteiger partial charge in [0.05, 0.1) is 11.5 Å². The third-order valence-electron chi connectivity index (χ3n) is 2.36. The molecule has 5 nitrogen and oxygen atoms in total. The van der Waals surface area contributed by atoms with Gasteiger partial charge >= 0.3 is 5.97 Å². The largest absolute Gasteiger partial charge is 0.493 e. The van der Waals surface area contributed by atoms with E-state index >= 15 is 0 Å². The maximum atomic E-state index is 11.2. The van der Waals surface area contributed by atoms with Crippen LogP contribution in [0.1, 0.15) is 23.7 Å². The number of carboxylic acids is 1. The van der Waals surface area contributed by atoms with E-state index in [1.165, 1.54) is 12.1 Å². The number of thioether (sulfide) groups is 1. The maximum Gasteiger partial charge on any atom is 0.339 e. The molecule has 0 amide bonds. The molecule has 0 aromatic heterocycles. The highest BCUT2D eigenvalue weighted by molar-refractivity contribution is 8.13. The van der Waals surface area contributed by atoms with Crippen LogP contribution in [0, 0.1) is 0 Å². The molecule has 0 heterocycles. The molecule has 0 aliphatic carbocycles. The first-order chi connectivity index (χ1) is 9.36. The predicted octanol–water partition coefficient (Wildman–Crippen LogP) is 2.83. The Bertz CT molecular complexity index is 571. The molecule has 8 heteroatoms. The third kappa shape index (κ3) is 5.22. The van der Waals surface area contributed by atoms with Crippen molar-refractivity contribution in [2.75, 3.05) is 18.1 Å². The zero-order valence-corrected chi connectivity index (χ0v) is 13.2. The van der Waals surface area contributed by atoms with E-state index in [-0.39, 0.29) is 16.2 Å². The normalized spacial score (nSPS) is 11.3. The number of carbonyl (C=O) groups is 1. The second-order valence-electron chi connectivity index (χ2n) is 3.80. The standard InChI is InChI=1S/C12H15ClO5S2/c1-2-19-7-3-6-18-11-5-4-9(20(13,16)17)8-10(11)12(14)15/h4-5,8H,2-3,6-7H2,1H3,(H,14,15). The lowest BCUT2D eigenvalue weighted by molar-refractivity contribution is 0.0692. The summed E-state index contributed by atoms with van der Waals surface area (Å²) in [6.45, 7) is 2.43. The number of halogens is 1. The maximum absolute atomic E-state index is 11.2. The molecular formula is C12H15ClO5S2. The highest BCUT2D eigenvalue weighted by Crippen LogP contribution is 2.25. The van der Waals surface area contributed by atoms with Gasteiger partial charge in [-0.25, -0.2) is 13.2 Å². The average molecular weight is 339 g/mol. The molecule has 0 unspecified atom stereocenters. The number of hydrogen-bond acceptors (Lipinski definition) is 5. The van der Waals surface area contributed by atoms with Crippen LogP contribution in [-0.4, -0.2) is 37.6 Å². The summed E-state index contributed by atoms with van der Waals surface area (Å²) < 4.78 is 27.7. The molecule has 0 spiro atoms. The minimum atomic E-state index is -3.96. The summed E-state index contributed by atoms with van der Waals surface area (Å²) >= 11 is 1.77. The SMILES string of the molecule is CCSCCCOc1ccc(S(=O)(=O)Cl)cc1C(=O)O. The smallest absolute Gasteiger partial charge is 0.339 e. The summed E-state index contributed by atoms with van der Waals surface area (Å²) in [6, 6.07) is 3.54. The number of ether oxygens (including phenoxy) is 1. The zero-order valence-electron chi connectivity index (χ0n) is 10.8. The molecule has 1 rings (SSSR count). The first-order valence-corrected chi connectivity index (χ1v) is 9.35. The Hall–Kier alpha value is -0.920. The van der Waals surface area contributed by atoms with Crippen molar-refractivity contribution < 1.29 is 23.1 Å². The molecule has 0 saturated carbocycles. The average Bonchev–Trinajstić information content (AvgIpc) is 2.37. The van der Waals surface area contributed by atoms with Gasteiger partial charge in [-0.3, -0.25) is 0 Å². The fourth-order valence-corrected chi connectivity index (χ4v) is 2.83. The monoisotopic (exact) mass is 338 g/mol. The van der Waals surface area contributed by atoms with Crippen LogP contribution in [0.3, 0.4) is 0 Å². The molecule has 20 heavy (non-hydrogen) atoms. The lowest BCUT2D eigenvalue weighted by Gasteiger charge is -2.09. The fourth-order valence-electron chi connectivity index (χ4n) is 1.44. The van der Waals surface area contributed by atoms with Crippen molar-refractivity contribution in [1.29, 1.82) is 0 Å². The molecule has 1 N–H and O–H groups in total. The van der Waals surface area contributed by atoms with Crippen LogP contribution in [0.15, 0.2) is 23.1 Å². The molecule has 0 radical (unpaired) electrons. The number of hydrogen-bond donors (Lipinski definition) is 1. The van der Waals surface area contributed by atoms with Gasteiger partial charge in [0.1, 0.15) is 11.3 Å². The van der Waals surface area contributed by atoms with Crippen molar-refractivity contribution in [2.45, 2.75) is 18.2 Å². The van der Waals surface area contributed by atoms with Gasteiger partial charge in [-0.15, -0.1) is 0 Å². The summed E-state index contributed by atoms with van der Waals surface area (Å²) in [6.07, 6.45) is 0.785. The van der Waals surface area contributed by atoms with Crippen molar-refractivity contribution >= 4 is 37.5 Å². The highest BCUT2D eigenvalue weighted by atomic mass is 35.7. The van der Waals surface area contributed by atoms with Crippen molar-refractivity contribution in [1.82, 2.24) is 0 Å². The van der Waals surface area contributed by atoms with E-state index < -0.39 is 15.0 Å². The lowest BCUT2D eigenvalue weighted by Crippen LogP contribution is -2.06. The minimum Gasteiger partial charge on any atom is -0.493 e. The van der Waals surface area contributed by atoms with Gasteiger partial charge in [0.15, 0.2) is 0 Å². The van der Waals surface area contributed by atoms with Crippen molar-refractivity contribution in [3.63, 3.8) is 0 Å². The van der Waals surface area contributed by atoms with Gasteiger partial charge < -0.3 is 9.84 Å². The minimum absolute atomic E-state index is 0.142. The molecule has 0 aliphatic heterocycles. The summed E-state index contributed by atoms with van der Waals surface area (Å²) in [5, 5.41) is 9.07. The van der Waals surface area contributed by atoms with Gasteiger partial charge in [-0.2, -0.15) is 11.8 Å². The number of carboxylic acid groups (broad SMARTS) is 1. The van der Waals surface area contributed by atoms with Crippen LogP contribution in [-0.2, 0) is 9.05 Å². The van der Waals surface area contributed by atoms with Crippen molar-refractivity contribution in [2.24, 2.45) is 0 Å². The molecule has 1 aromatic rings. The van der Waals surface area contributed by atoms with E-state index in [9.17, 15) is 13.2 Å². The third-order valence-corrected chi connectivity index (χ3v) is 4.69. The predicted molar refractivity (Wildman–Crippen MR) is 79.6 cm³/mol. The van der Waals surface area contributed by atoms with Crippen molar-refractivity contribution in [3.8, 4) is 5.75 Å². The van der Waals surface area contributed by atoms with Gasteiger partial charge in [-0.05, 0) is 36.1 Å². The number of rotatable bonds is 8. The molecule has 0 aliphatic rings. The molecule has 1 aromatic carbocycles. The summed E-state index contributed by atoms with van der Waals surface area (Å²) in [4.78, 5) is 10.9. The molecule has 0 fully saturated rings. The van der Waals surface area contributed by atoms with Gasteiger partial charge in [0, 0.05) is 10.7 Å². The molecule has 0 bridgehead atoms. The lowest BCUT2D eigenvalue weighted by atomic mass is 10.2. The van der Waals surface area contributed by atoms with Gasteiger partial charge in [0.25, 0.3) is 9.05 Å². The van der Waals surface area contributed by atoms with Crippen molar-refractivity contribution in [3.05, 3.63) is 23.8 Å². The van der Waals surface area contributed by atoms with E-state index in [0.29, 0.717) is 6.61 Å². The van der Waals surface area contributed by atoms with E-state index in [1.54, 1.807) is 11.8 Å². The van der Waals surface area contributed by atoms with Gasteiger partial charge in [-0.1, -0.05) is 6.92 Å². The topological polar surface area (TPSA) is 80.7 Å². The summed E-state index contributed by atoms with van der Waals surface area (Å²) in [7, 11) is 1.23. The van der Waals surface area contributed by atoms with E-state index in [1.807, 2.05) is 0 Å². The Kier molecular flexibility index (Phi) is 6.64. The summed E-state index contributed by atoms with van der Waals surface area (Å²) in [5.74, 6) is 0.823. The molecule has 0 saturated heterocycles. The Morgan fingerprint density at radius 2 is 2.15 bits per heavy atom. The molecular weight excluding hydrogens is 324 g/mol. The van der Waals surface area contributed by atoms with Crippen LogP contribution in [0.2, 0.25) is 0 Å². The van der Waals surface area contributed by atoms with Crippen LogP contribution in [0.25, 0.3) is 0 Å². The van der Waals surface area contributed by atoms with Crippen LogP contribution in [0.5, 0.6) is 5.75 Å².